The van der Waals surface area contributed by atoms with Gasteiger partial charge in [-0.05, 0) is 71.1 Å². The fourth-order valence-corrected chi connectivity index (χ4v) is 4.48. The molecule has 2 saturated heterocycles. The number of hydrogen-bond donors (Lipinski definition) is 2. The van der Waals surface area contributed by atoms with Crippen LogP contribution in [-0.2, 0) is 25.7 Å². The number of amides is 4. The van der Waals surface area contributed by atoms with Gasteiger partial charge in [-0.1, -0.05) is 12.1 Å². The number of carbonyl (C=O) groups excluding carboxylic acids is 4. The normalized spacial score (nSPS) is 19.5. The summed E-state index contributed by atoms with van der Waals surface area (Å²) in [5, 5.41) is 5.49. The largest absolute Gasteiger partial charge is 0.444 e. The quantitative estimate of drug-likeness (QED) is 0.619. The zero-order chi connectivity index (χ0) is 26.5. The molecule has 0 aliphatic carbocycles. The smallest absolute Gasteiger partial charge is 0.410 e. The Morgan fingerprint density at radius 2 is 1.69 bits per heavy atom. The highest BCUT2D eigenvalue weighted by molar-refractivity contribution is 5.89. The van der Waals surface area contributed by atoms with Crippen LogP contribution in [0.25, 0.3) is 0 Å². The first-order chi connectivity index (χ1) is 16.9. The van der Waals surface area contributed by atoms with Gasteiger partial charge in [0.15, 0.2) is 0 Å². The molecule has 0 radical (unpaired) electrons. The molecule has 0 bridgehead atoms. The second-order valence-electron chi connectivity index (χ2n) is 10.5. The molecule has 36 heavy (non-hydrogen) atoms. The summed E-state index contributed by atoms with van der Waals surface area (Å²) in [5.74, 6) is -1.30. The average Bonchev–Trinajstić information content (AvgIpc) is 3.32. The van der Waals surface area contributed by atoms with E-state index in [1.807, 2.05) is 0 Å². The van der Waals surface area contributed by atoms with Gasteiger partial charge in [0, 0.05) is 32.1 Å². The Morgan fingerprint density at radius 3 is 2.31 bits per heavy atom. The van der Waals surface area contributed by atoms with Crippen molar-refractivity contribution in [3.63, 3.8) is 0 Å². The van der Waals surface area contributed by atoms with Gasteiger partial charge < -0.3 is 20.3 Å². The van der Waals surface area contributed by atoms with E-state index in [2.05, 4.69) is 10.6 Å². The summed E-state index contributed by atoms with van der Waals surface area (Å²) in [6.07, 6.45) is 1.85. The van der Waals surface area contributed by atoms with Gasteiger partial charge in [0.05, 0.1) is 0 Å². The minimum atomic E-state index is -0.724. The van der Waals surface area contributed by atoms with E-state index >= 15 is 0 Å². The number of benzene rings is 1. The SMILES string of the molecule is C[C@H](NC(=O)C1CCN(C(=O)[C@@H]2CCCN2C(=O)OC(C)(C)C)CC1)C(=O)NCc1ccc(F)cc1. The molecule has 2 atom stereocenters. The van der Waals surface area contributed by atoms with Gasteiger partial charge in [-0.15, -0.1) is 0 Å². The maximum Gasteiger partial charge on any atom is 0.410 e. The standard InChI is InChI=1S/C26H37FN4O5/c1-17(22(32)28-16-18-7-9-20(27)10-8-18)29-23(33)19-11-14-30(15-12-19)24(34)21-6-5-13-31(21)25(35)36-26(2,3)4/h7-10,17,19,21H,5-6,11-16H2,1-4H3,(H,28,32)(H,29,33)/t17-,21-/m0/s1. The Hall–Kier alpha value is -3.17. The minimum absolute atomic E-state index is 0.106. The van der Waals surface area contributed by atoms with Gasteiger partial charge >= 0.3 is 6.09 Å². The molecule has 0 aromatic heterocycles. The molecule has 0 saturated carbocycles. The van der Waals surface area contributed by atoms with Gasteiger partial charge in [-0.25, -0.2) is 9.18 Å². The van der Waals surface area contributed by atoms with Gasteiger partial charge in [-0.3, -0.25) is 19.3 Å². The number of likely N-dealkylation sites (tertiary alicyclic amines) is 2. The van der Waals surface area contributed by atoms with Gasteiger partial charge in [0.25, 0.3) is 0 Å². The topological polar surface area (TPSA) is 108 Å². The molecule has 2 fully saturated rings. The van der Waals surface area contributed by atoms with E-state index in [1.54, 1.807) is 44.7 Å². The Bertz CT molecular complexity index is 954. The van der Waals surface area contributed by atoms with Crippen LogP contribution < -0.4 is 10.6 Å². The van der Waals surface area contributed by atoms with Crippen LogP contribution in [0.5, 0.6) is 0 Å². The number of rotatable bonds is 6. The molecule has 10 heteroatoms. The Labute approximate surface area is 211 Å². The predicted molar refractivity (Wildman–Crippen MR) is 131 cm³/mol. The Morgan fingerprint density at radius 1 is 1.06 bits per heavy atom. The van der Waals surface area contributed by atoms with Crippen LogP contribution in [0.4, 0.5) is 9.18 Å². The van der Waals surface area contributed by atoms with Crippen LogP contribution in [0, 0.1) is 11.7 Å². The molecule has 2 aliphatic heterocycles. The van der Waals surface area contributed by atoms with Crippen molar-refractivity contribution in [2.24, 2.45) is 5.92 Å². The third-order valence-corrected chi connectivity index (χ3v) is 6.48. The molecule has 3 rings (SSSR count). The number of carbonyl (C=O) groups is 4. The van der Waals surface area contributed by atoms with Gasteiger partial charge in [-0.2, -0.15) is 0 Å². The first-order valence-electron chi connectivity index (χ1n) is 12.6. The maximum atomic E-state index is 13.1. The lowest BCUT2D eigenvalue weighted by Crippen LogP contribution is -2.52. The van der Waals surface area contributed by atoms with E-state index in [0.29, 0.717) is 38.9 Å². The van der Waals surface area contributed by atoms with Crippen molar-refractivity contribution in [1.82, 2.24) is 20.4 Å². The van der Waals surface area contributed by atoms with E-state index in [-0.39, 0.29) is 36.0 Å². The van der Waals surface area contributed by atoms with Gasteiger partial charge in [0.2, 0.25) is 17.7 Å². The zero-order valence-electron chi connectivity index (χ0n) is 21.5. The molecule has 4 amide bonds. The fraction of sp³-hybridized carbons (Fsp3) is 0.615. The van der Waals surface area contributed by atoms with Crippen LogP contribution in [0.1, 0.15) is 58.9 Å². The molecule has 1 aromatic carbocycles. The molecular weight excluding hydrogens is 467 g/mol. The molecule has 1 aromatic rings. The zero-order valence-corrected chi connectivity index (χ0v) is 21.5. The van der Waals surface area contributed by atoms with Crippen LogP contribution in [0.2, 0.25) is 0 Å². The maximum absolute atomic E-state index is 13.1. The van der Waals surface area contributed by atoms with Gasteiger partial charge in [0.1, 0.15) is 23.5 Å². The summed E-state index contributed by atoms with van der Waals surface area (Å²) in [6, 6.07) is 4.57. The van der Waals surface area contributed by atoms with Crippen LogP contribution in [0.15, 0.2) is 24.3 Å². The van der Waals surface area contributed by atoms with E-state index in [0.717, 1.165) is 12.0 Å². The summed E-state index contributed by atoms with van der Waals surface area (Å²) < 4.78 is 18.5. The van der Waals surface area contributed by atoms with Crippen molar-refractivity contribution >= 4 is 23.8 Å². The molecule has 198 valence electrons. The van der Waals surface area contributed by atoms with E-state index in [4.69, 9.17) is 4.74 Å². The highest BCUT2D eigenvalue weighted by Crippen LogP contribution is 2.25. The average molecular weight is 505 g/mol. The van der Waals surface area contributed by atoms with Crippen molar-refractivity contribution in [2.45, 2.75) is 77.6 Å². The van der Waals surface area contributed by atoms with E-state index in [1.165, 1.54) is 17.0 Å². The number of nitrogens with one attached hydrogen (secondary N) is 2. The number of hydrogen-bond acceptors (Lipinski definition) is 5. The molecular formula is C26H37FN4O5. The first kappa shape index (κ1) is 27.4. The van der Waals surface area contributed by atoms with Crippen molar-refractivity contribution in [3.8, 4) is 0 Å². The molecule has 2 aliphatic rings. The van der Waals surface area contributed by atoms with Crippen molar-refractivity contribution in [2.75, 3.05) is 19.6 Å². The summed E-state index contributed by atoms with van der Waals surface area (Å²) >= 11 is 0. The second-order valence-corrected chi connectivity index (χ2v) is 10.5. The molecule has 0 unspecified atom stereocenters. The number of nitrogens with zero attached hydrogens (tertiary/aromatic N) is 2. The van der Waals surface area contributed by atoms with Crippen molar-refractivity contribution < 1.29 is 28.3 Å². The summed E-state index contributed by atoms with van der Waals surface area (Å²) in [7, 11) is 0. The van der Waals surface area contributed by atoms with Crippen molar-refractivity contribution in [1.29, 1.82) is 0 Å². The third-order valence-electron chi connectivity index (χ3n) is 6.48. The highest BCUT2D eigenvalue weighted by atomic mass is 19.1. The van der Waals surface area contributed by atoms with Crippen LogP contribution in [-0.4, -0.2) is 70.9 Å². The lowest BCUT2D eigenvalue weighted by Gasteiger charge is -2.35. The lowest BCUT2D eigenvalue weighted by atomic mass is 9.95. The van der Waals surface area contributed by atoms with Crippen LogP contribution in [0.3, 0.4) is 0 Å². The molecule has 9 nitrogen and oxygen atoms in total. The number of ether oxygens (including phenoxy) is 1. The van der Waals surface area contributed by atoms with Crippen LogP contribution >= 0.6 is 0 Å². The Balaban J connectivity index is 1.44. The summed E-state index contributed by atoms with van der Waals surface area (Å²) in [6.45, 7) is 8.56. The van der Waals surface area contributed by atoms with E-state index < -0.39 is 23.8 Å². The van der Waals surface area contributed by atoms with E-state index in [9.17, 15) is 23.6 Å². The van der Waals surface area contributed by atoms with Crippen molar-refractivity contribution in [3.05, 3.63) is 35.6 Å². The number of halogens is 1. The monoisotopic (exact) mass is 504 g/mol. The summed E-state index contributed by atoms with van der Waals surface area (Å²) in [4.78, 5) is 54.0. The predicted octanol–water partition coefficient (Wildman–Crippen LogP) is 2.58. The molecule has 2 N–H and O–H groups in total. The third kappa shape index (κ3) is 7.41. The lowest BCUT2D eigenvalue weighted by molar-refractivity contribution is -0.139. The first-order valence-corrected chi connectivity index (χ1v) is 12.6. The molecule has 0 spiro atoms. The summed E-state index contributed by atoms with van der Waals surface area (Å²) in [5.41, 5.74) is 0.126. The molecule has 2 heterocycles. The number of piperidine rings is 1. The second kappa shape index (κ2) is 11.7. The Kier molecular flexibility index (Phi) is 8.92. The minimum Gasteiger partial charge on any atom is -0.444 e. The highest BCUT2D eigenvalue weighted by Gasteiger charge is 2.40. The fourth-order valence-electron chi connectivity index (χ4n) is 4.48.